The van der Waals surface area contributed by atoms with E-state index in [1.54, 1.807) is 31.0 Å². The summed E-state index contributed by atoms with van der Waals surface area (Å²) in [6.45, 7) is 0.696. The van der Waals surface area contributed by atoms with Gasteiger partial charge in [-0.15, -0.1) is 0 Å². The molecule has 4 rings (SSSR count). The highest BCUT2D eigenvalue weighted by Crippen LogP contribution is 2.31. The fourth-order valence-electron chi connectivity index (χ4n) is 3.18. The Hall–Kier alpha value is -3.43. The Morgan fingerprint density at radius 2 is 2.18 bits per heavy atom. The minimum absolute atomic E-state index is 0.0629. The third-order valence-corrected chi connectivity index (χ3v) is 4.70. The van der Waals surface area contributed by atoms with Gasteiger partial charge < -0.3 is 19.3 Å². The van der Waals surface area contributed by atoms with E-state index in [0.29, 0.717) is 29.8 Å². The lowest BCUT2D eigenvalue weighted by atomic mass is 9.99. The van der Waals surface area contributed by atoms with Gasteiger partial charge in [-0.2, -0.15) is 10.1 Å². The van der Waals surface area contributed by atoms with Crippen LogP contribution in [0.5, 0.6) is 11.5 Å². The fourth-order valence-corrected chi connectivity index (χ4v) is 3.18. The smallest absolute Gasteiger partial charge is 0.246 e. The first-order chi connectivity index (χ1) is 13.7. The highest BCUT2D eigenvalue weighted by atomic mass is 16.5. The van der Waals surface area contributed by atoms with Crippen molar-refractivity contribution in [2.45, 2.75) is 25.9 Å². The van der Waals surface area contributed by atoms with Crippen molar-refractivity contribution < 1.29 is 18.8 Å². The summed E-state index contributed by atoms with van der Waals surface area (Å²) in [5.74, 6) is 2.63. The van der Waals surface area contributed by atoms with Gasteiger partial charge in [0, 0.05) is 12.0 Å². The molecule has 1 aliphatic rings. The van der Waals surface area contributed by atoms with Crippen molar-refractivity contribution in [1.82, 2.24) is 30.2 Å². The van der Waals surface area contributed by atoms with Crippen molar-refractivity contribution in [2.24, 2.45) is 5.92 Å². The van der Waals surface area contributed by atoms with E-state index in [2.05, 4.69) is 25.5 Å². The lowest BCUT2D eigenvalue weighted by Gasteiger charge is -2.21. The molecular formula is C18H20N6O4. The molecule has 2 aromatic heterocycles. The minimum atomic E-state index is -0.151. The van der Waals surface area contributed by atoms with Gasteiger partial charge in [-0.3, -0.25) is 4.79 Å². The molecule has 0 bridgehead atoms. The molecule has 10 nitrogen and oxygen atoms in total. The van der Waals surface area contributed by atoms with Crippen LogP contribution in [0.4, 0.5) is 0 Å². The third kappa shape index (κ3) is 3.53. The van der Waals surface area contributed by atoms with Gasteiger partial charge in [-0.25, -0.2) is 9.67 Å². The minimum Gasteiger partial charge on any atom is -0.493 e. The van der Waals surface area contributed by atoms with Gasteiger partial charge in [0.2, 0.25) is 17.6 Å². The van der Waals surface area contributed by atoms with Gasteiger partial charge in [0.15, 0.2) is 11.5 Å². The van der Waals surface area contributed by atoms with E-state index >= 15 is 0 Å². The van der Waals surface area contributed by atoms with E-state index in [1.807, 2.05) is 6.07 Å². The molecule has 28 heavy (non-hydrogen) atoms. The Bertz CT molecular complexity index is 982. The molecule has 1 aromatic carbocycles. The Labute approximate surface area is 160 Å². The molecule has 10 heteroatoms. The summed E-state index contributed by atoms with van der Waals surface area (Å²) in [5.41, 5.74) is 0.727. The summed E-state index contributed by atoms with van der Waals surface area (Å²) in [5, 5.41) is 11.0. The van der Waals surface area contributed by atoms with Crippen LogP contribution in [-0.2, 0) is 24.3 Å². The van der Waals surface area contributed by atoms with Crippen LogP contribution in [0.2, 0.25) is 0 Å². The zero-order valence-electron chi connectivity index (χ0n) is 15.6. The second-order valence-electron chi connectivity index (χ2n) is 6.39. The number of methoxy groups -OCH3 is 2. The molecule has 0 aliphatic carbocycles. The molecule has 1 unspecified atom stereocenters. The number of amides is 1. The summed E-state index contributed by atoms with van der Waals surface area (Å²) < 4.78 is 17.5. The van der Waals surface area contributed by atoms with Crippen LogP contribution in [0.3, 0.4) is 0 Å². The predicted octanol–water partition coefficient (Wildman–Crippen LogP) is 1.22. The maximum absolute atomic E-state index is 12.4. The molecule has 3 aromatic rings. The molecule has 1 N–H and O–H groups in total. The number of benzene rings is 1. The maximum atomic E-state index is 12.4. The number of hydrogen-bond donors (Lipinski definition) is 1. The Balaban J connectivity index is 1.38. The van der Waals surface area contributed by atoms with E-state index in [4.69, 9.17) is 14.0 Å². The van der Waals surface area contributed by atoms with Gasteiger partial charge in [0.05, 0.1) is 33.2 Å². The topological polar surface area (TPSA) is 117 Å². The van der Waals surface area contributed by atoms with Gasteiger partial charge in [-0.1, -0.05) is 5.16 Å². The first kappa shape index (κ1) is 18.0. The van der Waals surface area contributed by atoms with E-state index in [0.717, 1.165) is 24.2 Å². The first-order valence-corrected chi connectivity index (χ1v) is 8.87. The van der Waals surface area contributed by atoms with Crippen molar-refractivity contribution in [3.05, 3.63) is 36.2 Å². The maximum Gasteiger partial charge on any atom is 0.246 e. The van der Waals surface area contributed by atoms with Crippen molar-refractivity contribution in [2.75, 3.05) is 14.2 Å². The summed E-state index contributed by atoms with van der Waals surface area (Å²) in [6, 6.07) is 5.35. The number of aromatic nitrogens is 5. The molecule has 1 atom stereocenters. The number of carbonyl (C=O) groups is 1. The van der Waals surface area contributed by atoms with Crippen LogP contribution >= 0.6 is 0 Å². The number of ether oxygens (including phenoxy) is 2. The molecule has 0 saturated carbocycles. The molecule has 1 amide bonds. The quantitative estimate of drug-likeness (QED) is 0.674. The highest BCUT2D eigenvalue weighted by molar-refractivity contribution is 5.78. The summed E-state index contributed by atoms with van der Waals surface area (Å²) >= 11 is 0. The third-order valence-electron chi connectivity index (χ3n) is 4.70. The average molecular weight is 384 g/mol. The monoisotopic (exact) mass is 384 g/mol. The van der Waals surface area contributed by atoms with E-state index < -0.39 is 0 Å². The van der Waals surface area contributed by atoms with Crippen LogP contribution in [0.1, 0.15) is 18.1 Å². The van der Waals surface area contributed by atoms with Crippen molar-refractivity contribution in [3.63, 3.8) is 0 Å². The molecule has 0 fully saturated rings. The molecule has 3 heterocycles. The van der Waals surface area contributed by atoms with Crippen molar-refractivity contribution in [3.8, 4) is 22.9 Å². The second-order valence-corrected chi connectivity index (χ2v) is 6.39. The summed E-state index contributed by atoms with van der Waals surface area (Å²) in [7, 11) is 3.13. The highest BCUT2D eigenvalue weighted by Gasteiger charge is 2.26. The van der Waals surface area contributed by atoms with Gasteiger partial charge >= 0.3 is 0 Å². The average Bonchev–Trinajstić information content (AvgIpc) is 3.40. The molecule has 0 radical (unpaired) electrons. The van der Waals surface area contributed by atoms with Crippen LogP contribution in [0, 0.1) is 5.92 Å². The van der Waals surface area contributed by atoms with Gasteiger partial charge in [0.1, 0.15) is 12.2 Å². The summed E-state index contributed by atoms with van der Waals surface area (Å²) in [6.07, 6.45) is 3.00. The number of carbonyl (C=O) groups excluding carboxylic acids is 1. The number of nitrogens with zero attached hydrogens (tertiary/aromatic N) is 5. The van der Waals surface area contributed by atoms with Crippen LogP contribution < -0.4 is 14.8 Å². The first-order valence-electron chi connectivity index (χ1n) is 8.87. The predicted molar refractivity (Wildman–Crippen MR) is 96.5 cm³/mol. The second kappa shape index (κ2) is 7.67. The Kier molecular flexibility index (Phi) is 4.92. The van der Waals surface area contributed by atoms with E-state index in [1.165, 1.54) is 6.33 Å². The zero-order chi connectivity index (χ0) is 19.5. The zero-order valence-corrected chi connectivity index (χ0v) is 15.6. The van der Waals surface area contributed by atoms with Crippen LogP contribution in [0.25, 0.3) is 11.4 Å². The van der Waals surface area contributed by atoms with Gasteiger partial charge in [-0.05, 0) is 24.6 Å². The lowest BCUT2D eigenvalue weighted by Crippen LogP contribution is -2.36. The van der Waals surface area contributed by atoms with Crippen LogP contribution in [0.15, 0.2) is 29.0 Å². The SMILES string of the molecule is COc1ccc(-c2noc(CNC(=O)C3CCc4ncnn4C3)n2)cc1OC. The molecule has 146 valence electrons. The molecular weight excluding hydrogens is 364 g/mol. The van der Waals surface area contributed by atoms with E-state index in [9.17, 15) is 4.79 Å². The fraction of sp³-hybridized carbons (Fsp3) is 0.389. The number of nitrogens with one attached hydrogen (secondary N) is 1. The summed E-state index contributed by atoms with van der Waals surface area (Å²) in [4.78, 5) is 20.9. The van der Waals surface area contributed by atoms with Crippen molar-refractivity contribution >= 4 is 5.91 Å². The normalized spacial score (nSPS) is 15.7. The van der Waals surface area contributed by atoms with Gasteiger partial charge in [0.25, 0.3) is 0 Å². The number of rotatable bonds is 6. The number of hydrogen-bond acceptors (Lipinski definition) is 8. The Morgan fingerprint density at radius 3 is 3.00 bits per heavy atom. The van der Waals surface area contributed by atoms with Crippen LogP contribution in [-0.4, -0.2) is 45.0 Å². The standard InChI is InChI=1S/C18H20N6O4/c1-26-13-5-3-11(7-14(13)27-2)17-22-16(28-23-17)8-19-18(25)12-4-6-15-20-10-21-24(15)9-12/h3,5,7,10,12H,4,6,8-9H2,1-2H3,(H,19,25). The number of aryl methyl sites for hydroxylation is 1. The van der Waals surface area contributed by atoms with E-state index in [-0.39, 0.29) is 18.4 Å². The number of fused-ring (bicyclic) bond motifs is 1. The van der Waals surface area contributed by atoms with Crippen molar-refractivity contribution in [1.29, 1.82) is 0 Å². The largest absolute Gasteiger partial charge is 0.493 e. The Morgan fingerprint density at radius 1 is 1.32 bits per heavy atom. The molecule has 0 spiro atoms. The molecule has 1 aliphatic heterocycles. The molecule has 0 saturated heterocycles. The lowest BCUT2D eigenvalue weighted by molar-refractivity contribution is -0.126.